The molecule has 4 aromatic rings. The first kappa shape index (κ1) is 24.9. The molecule has 0 saturated carbocycles. The van der Waals surface area contributed by atoms with Gasteiger partial charge in [0.15, 0.2) is 5.82 Å². The number of methoxy groups -OCH3 is 2. The van der Waals surface area contributed by atoms with Crippen molar-refractivity contribution in [2.24, 2.45) is 0 Å². The highest BCUT2D eigenvalue weighted by molar-refractivity contribution is 6.06. The summed E-state index contributed by atoms with van der Waals surface area (Å²) in [5, 5.41) is 11.1. The first-order valence-electron chi connectivity index (χ1n) is 12.3. The number of rotatable bonds is 8. The number of aromatic nitrogens is 3. The van der Waals surface area contributed by atoms with Gasteiger partial charge in [-0.3, -0.25) is 4.79 Å². The normalized spacial score (nSPS) is 14.4. The van der Waals surface area contributed by atoms with Crippen molar-refractivity contribution < 1.29 is 19.0 Å². The average Bonchev–Trinajstić information content (AvgIpc) is 3.36. The van der Waals surface area contributed by atoms with Crippen LogP contribution in [-0.2, 0) is 4.79 Å². The Labute approximate surface area is 221 Å². The van der Waals surface area contributed by atoms with Gasteiger partial charge in [0.1, 0.15) is 23.3 Å². The Morgan fingerprint density at radius 2 is 1.68 bits per heavy atom. The van der Waals surface area contributed by atoms with E-state index in [1.54, 1.807) is 31.0 Å². The summed E-state index contributed by atoms with van der Waals surface area (Å²) < 4.78 is 18.1. The molecule has 1 unspecified atom stereocenters. The maximum absolute atomic E-state index is 13.8. The molecule has 0 radical (unpaired) electrons. The fraction of sp³-hybridized carbons (Fsp3) is 0.207. The maximum Gasteiger partial charge on any atom is 0.255 e. The number of allylic oxidation sites excluding steroid dienone is 1. The largest absolute Gasteiger partial charge is 0.497 e. The van der Waals surface area contributed by atoms with Gasteiger partial charge in [-0.2, -0.15) is 4.98 Å². The number of nitrogens with zero attached hydrogens (tertiary/aromatic N) is 3. The van der Waals surface area contributed by atoms with Gasteiger partial charge in [0.25, 0.3) is 5.91 Å². The molecular weight excluding hydrogens is 482 g/mol. The molecule has 3 aromatic carbocycles. The van der Waals surface area contributed by atoms with E-state index in [4.69, 9.17) is 24.3 Å². The summed E-state index contributed by atoms with van der Waals surface area (Å²) in [6, 6.07) is 22.0. The number of amides is 1. The van der Waals surface area contributed by atoms with E-state index in [-0.39, 0.29) is 5.91 Å². The molecule has 2 heterocycles. The van der Waals surface area contributed by atoms with E-state index in [1.807, 2.05) is 74.5 Å². The Morgan fingerprint density at radius 1 is 0.974 bits per heavy atom. The second kappa shape index (κ2) is 10.7. The van der Waals surface area contributed by atoms with E-state index in [2.05, 4.69) is 10.6 Å². The van der Waals surface area contributed by atoms with Gasteiger partial charge in [0.05, 0.1) is 32.1 Å². The predicted octanol–water partition coefficient (Wildman–Crippen LogP) is 5.29. The molecule has 1 atom stereocenters. The molecule has 5 rings (SSSR count). The van der Waals surface area contributed by atoms with Crippen molar-refractivity contribution in [3.05, 3.63) is 89.6 Å². The van der Waals surface area contributed by atoms with Crippen LogP contribution in [0, 0.1) is 0 Å². The summed E-state index contributed by atoms with van der Waals surface area (Å²) in [6.45, 7) is 4.40. The minimum Gasteiger partial charge on any atom is -0.497 e. The maximum atomic E-state index is 13.8. The smallest absolute Gasteiger partial charge is 0.255 e. The number of carbonyl (C=O) groups is 1. The number of nitrogens with one attached hydrogen (secondary N) is 2. The summed E-state index contributed by atoms with van der Waals surface area (Å²) in [7, 11) is 3.19. The number of fused-ring (bicyclic) bond motifs is 1. The van der Waals surface area contributed by atoms with Gasteiger partial charge in [-0.25, -0.2) is 4.68 Å². The molecule has 0 bridgehead atoms. The Morgan fingerprint density at radius 3 is 2.37 bits per heavy atom. The molecule has 2 N–H and O–H groups in total. The molecule has 9 nitrogen and oxygen atoms in total. The Kier molecular flexibility index (Phi) is 6.99. The summed E-state index contributed by atoms with van der Waals surface area (Å²) >= 11 is 0. The summed E-state index contributed by atoms with van der Waals surface area (Å²) in [6.07, 6.45) is 0. The molecule has 0 saturated heterocycles. The highest BCUT2D eigenvalue weighted by Gasteiger charge is 2.34. The Hall–Kier alpha value is -4.79. The third-order valence-electron chi connectivity index (χ3n) is 6.31. The third kappa shape index (κ3) is 4.78. The standard InChI is InChI=1S/C29H29N5O4/c1-5-38-22-16-12-20(13-17-22)27-32-29-30-18(2)25(28(35)31-23-8-6-7-9-24(23)37-4)26(34(29)33-27)19-10-14-21(36-3)15-11-19/h6-17,26H,5H2,1-4H3,(H,31,35)(H,30,32,33). The van der Waals surface area contributed by atoms with Crippen molar-refractivity contribution in [3.63, 3.8) is 0 Å². The molecule has 1 aliphatic heterocycles. The lowest BCUT2D eigenvalue weighted by Crippen LogP contribution is -2.31. The number of carbonyl (C=O) groups excluding carboxylic acids is 1. The minimum absolute atomic E-state index is 0.274. The number of hydrogen-bond acceptors (Lipinski definition) is 7. The predicted molar refractivity (Wildman–Crippen MR) is 146 cm³/mol. The van der Waals surface area contributed by atoms with Gasteiger partial charge in [0.2, 0.25) is 5.95 Å². The zero-order valence-electron chi connectivity index (χ0n) is 21.7. The fourth-order valence-corrected chi connectivity index (χ4v) is 4.47. The van der Waals surface area contributed by atoms with Crippen molar-refractivity contribution in [3.8, 4) is 28.6 Å². The fourth-order valence-electron chi connectivity index (χ4n) is 4.47. The minimum atomic E-state index is -0.532. The molecule has 0 spiro atoms. The van der Waals surface area contributed by atoms with E-state index < -0.39 is 6.04 Å². The SMILES string of the molecule is CCOc1ccc(-c2nc3n(n2)C(c2ccc(OC)cc2)C(C(=O)Nc2ccccc2OC)=C(C)N3)cc1. The van der Waals surface area contributed by atoms with E-state index >= 15 is 0 Å². The van der Waals surface area contributed by atoms with E-state index in [0.717, 1.165) is 22.6 Å². The summed E-state index contributed by atoms with van der Waals surface area (Å²) in [5.41, 5.74) is 3.46. The molecule has 9 heteroatoms. The summed E-state index contributed by atoms with van der Waals surface area (Å²) in [5.74, 6) is 2.88. The van der Waals surface area contributed by atoms with Crippen molar-refractivity contribution in [1.29, 1.82) is 0 Å². The topological polar surface area (TPSA) is 99.5 Å². The van der Waals surface area contributed by atoms with Gasteiger partial charge < -0.3 is 24.8 Å². The summed E-state index contributed by atoms with van der Waals surface area (Å²) in [4.78, 5) is 18.5. The lowest BCUT2D eigenvalue weighted by Gasteiger charge is -2.29. The van der Waals surface area contributed by atoms with Gasteiger partial charge in [0, 0.05) is 11.3 Å². The van der Waals surface area contributed by atoms with Crippen molar-refractivity contribution in [2.45, 2.75) is 19.9 Å². The number of benzene rings is 3. The third-order valence-corrected chi connectivity index (χ3v) is 6.31. The quantitative estimate of drug-likeness (QED) is 0.332. The van der Waals surface area contributed by atoms with Crippen LogP contribution in [0.5, 0.6) is 17.2 Å². The number of anilines is 2. The lowest BCUT2D eigenvalue weighted by molar-refractivity contribution is -0.113. The van der Waals surface area contributed by atoms with Crippen LogP contribution in [0.15, 0.2) is 84.1 Å². The Bertz CT molecular complexity index is 1480. The molecule has 1 aromatic heterocycles. The Balaban J connectivity index is 1.56. The molecule has 0 fully saturated rings. The van der Waals surface area contributed by atoms with E-state index in [1.165, 1.54) is 0 Å². The monoisotopic (exact) mass is 511 g/mol. The second-order valence-corrected chi connectivity index (χ2v) is 8.65. The molecule has 38 heavy (non-hydrogen) atoms. The number of para-hydroxylation sites is 2. The molecule has 194 valence electrons. The van der Waals surface area contributed by atoms with Crippen molar-refractivity contribution >= 4 is 17.5 Å². The van der Waals surface area contributed by atoms with E-state index in [0.29, 0.717) is 41.1 Å². The number of hydrogen-bond donors (Lipinski definition) is 2. The van der Waals surface area contributed by atoms with Crippen LogP contribution in [0.1, 0.15) is 25.5 Å². The van der Waals surface area contributed by atoms with Crippen molar-refractivity contribution in [1.82, 2.24) is 14.8 Å². The van der Waals surface area contributed by atoms with E-state index in [9.17, 15) is 4.79 Å². The van der Waals surface area contributed by atoms with Crippen LogP contribution in [0.3, 0.4) is 0 Å². The van der Waals surface area contributed by atoms with Crippen LogP contribution in [0.25, 0.3) is 11.4 Å². The zero-order valence-corrected chi connectivity index (χ0v) is 21.7. The van der Waals surface area contributed by atoms with Crippen LogP contribution in [0.4, 0.5) is 11.6 Å². The van der Waals surface area contributed by atoms with Gasteiger partial charge in [-0.1, -0.05) is 24.3 Å². The number of ether oxygens (including phenoxy) is 3. The van der Waals surface area contributed by atoms with Gasteiger partial charge in [-0.05, 0) is 67.9 Å². The molecule has 1 aliphatic rings. The average molecular weight is 512 g/mol. The first-order chi connectivity index (χ1) is 18.5. The van der Waals surface area contributed by atoms with Crippen molar-refractivity contribution in [2.75, 3.05) is 31.5 Å². The second-order valence-electron chi connectivity index (χ2n) is 8.65. The molecular formula is C29H29N5O4. The lowest BCUT2D eigenvalue weighted by atomic mass is 9.95. The van der Waals surface area contributed by atoms with Crippen LogP contribution < -0.4 is 24.8 Å². The van der Waals surface area contributed by atoms with Crippen LogP contribution in [-0.4, -0.2) is 41.5 Å². The van der Waals surface area contributed by atoms with Gasteiger partial charge in [-0.15, -0.1) is 5.10 Å². The highest BCUT2D eigenvalue weighted by atomic mass is 16.5. The first-order valence-corrected chi connectivity index (χ1v) is 12.3. The van der Waals surface area contributed by atoms with Crippen LogP contribution >= 0.6 is 0 Å². The molecule has 1 amide bonds. The van der Waals surface area contributed by atoms with Crippen LogP contribution in [0.2, 0.25) is 0 Å². The zero-order chi connectivity index (χ0) is 26.6. The molecule has 0 aliphatic carbocycles. The highest BCUT2D eigenvalue weighted by Crippen LogP contribution is 2.38. The van der Waals surface area contributed by atoms with Gasteiger partial charge >= 0.3 is 0 Å².